The van der Waals surface area contributed by atoms with Gasteiger partial charge in [0, 0.05) is 15.7 Å². The fourth-order valence-corrected chi connectivity index (χ4v) is 3.10. The maximum atomic E-state index is 12.5. The van der Waals surface area contributed by atoms with Crippen molar-refractivity contribution < 1.29 is 18.7 Å². The smallest absolute Gasteiger partial charge is 0.259 e. The van der Waals surface area contributed by atoms with E-state index in [4.69, 9.17) is 13.9 Å². The first-order valence-electron chi connectivity index (χ1n) is 9.38. The third-order valence-corrected chi connectivity index (χ3v) is 4.91. The predicted molar refractivity (Wildman–Crippen MR) is 119 cm³/mol. The number of amides is 1. The summed E-state index contributed by atoms with van der Waals surface area (Å²) in [5.74, 6) is 1.67. The molecule has 1 N–H and O–H groups in total. The van der Waals surface area contributed by atoms with Crippen LogP contribution in [0.4, 0.5) is 5.69 Å². The molecule has 4 rings (SSSR count). The molecule has 0 spiro atoms. The molecule has 1 heterocycles. The molecule has 0 aliphatic heterocycles. The first kappa shape index (κ1) is 20.6. The highest BCUT2D eigenvalue weighted by Crippen LogP contribution is 2.23. The summed E-state index contributed by atoms with van der Waals surface area (Å²) in [4.78, 5) is 12.5. The van der Waals surface area contributed by atoms with Gasteiger partial charge in [0.2, 0.25) is 5.89 Å². The Bertz CT molecular complexity index is 1170. The van der Waals surface area contributed by atoms with Gasteiger partial charge in [0.15, 0.2) is 6.61 Å². The van der Waals surface area contributed by atoms with Gasteiger partial charge in [-0.25, -0.2) is 0 Å². The molecular formula is C23H18BrN3O4. The van der Waals surface area contributed by atoms with Gasteiger partial charge in [-0.2, -0.15) is 0 Å². The van der Waals surface area contributed by atoms with E-state index in [2.05, 4.69) is 31.4 Å². The van der Waals surface area contributed by atoms with Gasteiger partial charge in [0.05, 0.1) is 12.7 Å². The zero-order chi connectivity index (χ0) is 21.6. The topological polar surface area (TPSA) is 86.5 Å². The summed E-state index contributed by atoms with van der Waals surface area (Å²) in [6.45, 7) is 0.135. The molecule has 8 heteroatoms. The van der Waals surface area contributed by atoms with Crippen molar-refractivity contribution >= 4 is 27.5 Å². The Hall–Kier alpha value is -3.65. The van der Waals surface area contributed by atoms with Crippen molar-refractivity contribution in [1.29, 1.82) is 0 Å². The second-order valence-electron chi connectivity index (χ2n) is 6.48. The van der Waals surface area contributed by atoms with Crippen LogP contribution < -0.4 is 14.8 Å². The molecule has 156 valence electrons. The minimum atomic E-state index is -0.252. The van der Waals surface area contributed by atoms with E-state index in [0.29, 0.717) is 34.5 Å². The van der Waals surface area contributed by atoms with Crippen molar-refractivity contribution in [2.24, 2.45) is 0 Å². The number of carbonyl (C=O) groups excluding carboxylic acids is 1. The number of hydrogen-bond acceptors (Lipinski definition) is 6. The van der Waals surface area contributed by atoms with Crippen LogP contribution in [0.3, 0.4) is 0 Å². The van der Waals surface area contributed by atoms with E-state index in [1.54, 1.807) is 42.5 Å². The van der Waals surface area contributed by atoms with Crippen molar-refractivity contribution in [3.8, 4) is 23.0 Å². The Morgan fingerprint density at radius 2 is 1.74 bits per heavy atom. The summed E-state index contributed by atoms with van der Waals surface area (Å²) in [5, 5.41) is 10.9. The number of anilines is 1. The molecule has 0 fully saturated rings. The van der Waals surface area contributed by atoms with E-state index in [9.17, 15) is 4.79 Å². The molecule has 0 radical (unpaired) electrons. The molecule has 0 saturated carbocycles. The number of halogens is 1. The van der Waals surface area contributed by atoms with Crippen LogP contribution in [0.5, 0.6) is 11.5 Å². The number of ether oxygens (including phenoxy) is 2. The van der Waals surface area contributed by atoms with Crippen LogP contribution in [0.25, 0.3) is 11.5 Å². The van der Waals surface area contributed by atoms with Crippen molar-refractivity contribution in [3.63, 3.8) is 0 Å². The van der Waals surface area contributed by atoms with Gasteiger partial charge in [-0.05, 0) is 60.7 Å². The number of carbonyl (C=O) groups is 1. The molecule has 0 aliphatic rings. The summed E-state index contributed by atoms with van der Waals surface area (Å²) >= 11 is 3.39. The molecular weight excluding hydrogens is 462 g/mol. The van der Waals surface area contributed by atoms with Crippen LogP contribution in [-0.2, 0) is 6.61 Å². The van der Waals surface area contributed by atoms with Gasteiger partial charge in [-0.15, -0.1) is 10.2 Å². The van der Waals surface area contributed by atoms with Crippen LogP contribution >= 0.6 is 15.9 Å². The van der Waals surface area contributed by atoms with Crippen LogP contribution in [0, 0.1) is 0 Å². The highest BCUT2D eigenvalue weighted by Gasteiger charge is 2.12. The minimum absolute atomic E-state index is 0.135. The number of rotatable bonds is 7. The number of nitrogens with zero attached hydrogens (tertiary/aromatic N) is 2. The summed E-state index contributed by atoms with van der Waals surface area (Å²) in [7, 11) is 1.53. The van der Waals surface area contributed by atoms with Crippen LogP contribution in [0.2, 0.25) is 0 Å². The van der Waals surface area contributed by atoms with Gasteiger partial charge in [0.1, 0.15) is 11.5 Å². The standard InChI is InChI=1S/C23H18BrN3O4/c1-29-20-5-3-2-4-19(20)22(28)25-17-10-12-18(13-11-17)30-14-21-26-27-23(31-21)15-6-8-16(24)9-7-15/h2-13H,14H2,1H3,(H,25,28). The Morgan fingerprint density at radius 3 is 2.48 bits per heavy atom. The van der Waals surface area contributed by atoms with E-state index >= 15 is 0 Å². The lowest BCUT2D eigenvalue weighted by Crippen LogP contribution is -2.13. The summed E-state index contributed by atoms with van der Waals surface area (Å²) in [6.07, 6.45) is 0. The monoisotopic (exact) mass is 479 g/mol. The van der Waals surface area contributed by atoms with Gasteiger partial charge >= 0.3 is 0 Å². The zero-order valence-electron chi connectivity index (χ0n) is 16.5. The minimum Gasteiger partial charge on any atom is -0.496 e. The van der Waals surface area contributed by atoms with Gasteiger partial charge in [-0.1, -0.05) is 28.1 Å². The zero-order valence-corrected chi connectivity index (χ0v) is 18.1. The molecule has 1 amide bonds. The van der Waals surface area contributed by atoms with Crippen LogP contribution in [0.1, 0.15) is 16.2 Å². The summed E-state index contributed by atoms with van der Waals surface area (Å²) in [6, 6.07) is 21.7. The lowest BCUT2D eigenvalue weighted by molar-refractivity contribution is 0.102. The molecule has 7 nitrogen and oxygen atoms in total. The molecule has 4 aromatic rings. The lowest BCUT2D eigenvalue weighted by atomic mass is 10.2. The SMILES string of the molecule is COc1ccccc1C(=O)Nc1ccc(OCc2nnc(-c3ccc(Br)cc3)o2)cc1. The third kappa shape index (κ3) is 5.10. The summed E-state index contributed by atoms with van der Waals surface area (Å²) in [5.41, 5.74) is 1.93. The Morgan fingerprint density at radius 1 is 1.00 bits per heavy atom. The fourth-order valence-electron chi connectivity index (χ4n) is 2.83. The molecule has 1 aromatic heterocycles. The normalized spacial score (nSPS) is 10.5. The number of nitrogens with one attached hydrogen (secondary N) is 1. The maximum Gasteiger partial charge on any atom is 0.259 e. The van der Waals surface area contributed by atoms with E-state index in [0.717, 1.165) is 10.0 Å². The fraction of sp³-hybridized carbons (Fsp3) is 0.0870. The lowest BCUT2D eigenvalue weighted by Gasteiger charge is -2.10. The Labute approximate surface area is 187 Å². The molecule has 0 unspecified atom stereocenters. The Kier molecular flexibility index (Phi) is 6.28. The highest BCUT2D eigenvalue weighted by atomic mass is 79.9. The molecule has 3 aromatic carbocycles. The van der Waals surface area contributed by atoms with Crippen LogP contribution in [-0.4, -0.2) is 23.2 Å². The number of hydrogen-bond donors (Lipinski definition) is 1. The van der Waals surface area contributed by atoms with Crippen molar-refractivity contribution in [1.82, 2.24) is 10.2 Å². The molecule has 31 heavy (non-hydrogen) atoms. The quantitative estimate of drug-likeness (QED) is 0.385. The second-order valence-corrected chi connectivity index (χ2v) is 7.39. The van der Waals surface area contributed by atoms with Gasteiger partial charge in [0.25, 0.3) is 11.8 Å². The second kappa shape index (κ2) is 9.44. The summed E-state index contributed by atoms with van der Waals surface area (Å²) < 4.78 is 17.6. The van der Waals surface area contributed by atoms with E-state index in [1.165, 1.54) is 7.11 Å². The van der Waals surface area contributed by atoms with Gasteiger partial charge < -0.3 is 19.2 Å². The van der Waals surface area contributed by atoms with E-state index < -0.39 is 0 Å². The first-order valence-corrected chi connectivity index (χ1v) is 10.2. The Balaban J connectivity index is 1.35. The van der Waals surface area contributed by atoms with Crippen molar-refractivity contribution in [2.75, 3.05) is 12.4 Å². The molecule has 0 saturated heterocycles. The van der Waals surface area contributed by atoms with E-state index in [1.807, 2.05) is 30.3 Å². The molecule has 0 atom stereocenters. The number of methoxy groups -OCH3 is 1. The van der Waals surface area contributed by atoms with E-state index in [-0.39, 0.29) is 12.5 Å². The number of aromatic nitrogens is 2. The van der Waals surface area contributed by atoms with Gasteiger partial charge in [-0.3, -0.25) is 4.79 Å². The molecule has 0 bridgehead atoms. The van der Waals surface area contributed by atoms with Crippen molar-refractivity contribution in [2.45, 2.75) is 6.61 Å². The number of benzene rings is 3. The third-order valence-electron chi connectivity index (χ3n) is 4.38. The van der Waals surface area contributed by atoms with Crippen molar-refractivity contribution in [3.05, 3.63) is 88.7 Å². The average Bonchev–Trinajstić information content (AvgIpc) is 3.28. The largest absolute Gasteiger partial charge is 0.496 e. The first-order chi connectivity index (χ1) is 15.1. The molecule has 0 aliphatic carbocycles. The maximum absolute atomic E-state index is 12.5. The predicted octanol–water partition coefficient (Wildman–Crippen LogP) is 5.34. The van der Waals surface area contributed by atoms with Crippen LogP contribution in [0.15, 0.2) is 81.7 Å². The average molecular weight is 480 g/mol. The highest BCUT2D eigenvalue weighted by molar-refractivity contribution is 9.10. The number of para-hydroxylation sites is 1.